The Morgan fingerprint density at radius 2 is 1.58 bits per heavy atom. The third-order valence-corrected chi connectivity index (χ3v) is 2.15. The van der Waals surface area contributed by atoms with Crippen molar-refractivity contribution in [3.8, 4) is 0 Å². The summed E-state index contributed by atoms with van der Waals surface area (Å²) in [5.74, 6) is 0. The van der Waals surface area contributed by atoms with Gasteiger partial charge in [0, 0.05) is 0 Å². The molecule has 0 aromatic carbocycles. The fourth-order valence-electron chi connectivity index (χ4n) is 1.22. The molecule has 19 heavy (non-hydrogen) atoms. The lowest BCUT2D eigenvalue weighted by Crippen LogP contribution is -2.37. The minimum atomic E-state index is -5.28. The highest BCUT2D eigenvalue weighted by Crippen LogP contribution is 2.36. The van der Waals surface area contributed by atoms with E-state index in [1.165, 1.54) is 0 Å². The minimum absolute atomic E-state index is 0.314. The van der Waals surface area contributed by atoms with Crippen molar-refractivity contribution < 1.29 is 35.1 Å². The lowest BCUT2D eigenvalue weighted by molar-refractivity contribution is -0.183. The Morgan fingerprint density at radius 1 is 1.05 bits per heavy atom. The van der Waals surface area contributed by atoms with Gasteiger partial charge in [0.2, 0.25) is 12.3 Å². The first kappa shape index (κ1) is 15.6. The normalized spacial score (nSPS) is 24.1. The zero-order chi connectivity index (χ0) is 15.0. The first-order valence-corrected chi connectivity index (χ1v) is 4.67. The van der Waals surface area contributed by atoms with E-state index in [2.05, 4.69) is 16.8 Å². The lowest BCUT2D eigenvalue weighted by Gasteiger charge is -2.23. The SMILES string of the molecule is C=C1C=C(C(F)C(F)(F)F)N=NC1C(F)C(F)(F)F. The fraction of sp³-hybridized carbons (Fsp3) is 0.556. The molecule has 0 fully saturated rings. The molecule has 1 aliphatic heterocycles. The number of allylic oxidation sites excluding steroid dienone is 1. The van der Waals surface area contributed by atoms with Gasteiger partial charge in [-0.1, -0.05) is 6.58 Å². The maximum Gasteiger partial charge on any atom is 0.425 e. The molecule has 0 aromatic rings. The van der Waals surface area contributed by atoms with E-state index in [0.29, 0.717) is 6.08 Å². The van der Waals surface area contributed by atoms with Gasteiger partial charge in [-0.2, -0.15) is 36.6 Å². The molecular weight excluding hydrogens is 288 g/mol. The average Bonchev–Trinajstić information content (AvgIpc) is 2.24. The Balaban J connectivity index is 2.91. The van der Waals surface area contributed by atoms with E-state index in [9.17, 15) is 35.1 Å². The van der Waals surface area contributed by atoms with Gasteiger partial charge in [-0.25, -0.2) is 8.78 Å². The number of azo groups is 1. The van der Waals surface area contributed by atoms with Crippen molar-refractivity contribution in [2.24, 2.45) is 10.2 Å². The summed E-state index contributed by atoms with van der Waals surface area (Å²) in [4.78, 5) is 0. The van der Waals surface area contributed by atoms with Crippen molar-refractivity contribution in [3.05, 3.63) is 23.9 Å². The Morgan fingerprint density at radius 3 is 1.95 bits per heavy atom. The molecule has 2 nitrogen and oxygen atoms in total. The highest BCUT2D eigenvalue weighted by molar-refractivity contribution is 5.31. The van der Waals surface area contributed by atoms with Crippen LogP contribution in [0.5, 0.6) is 0 Å². The Labute approximate surface area is 101 Å². The summed E-state index contributed by atoms with van der Waals surface area (Å²) in [7, 11) is 0. The van der Waals surface area contributed by atoms with Crippen LogP contribution in [0.1, 0.15) is 0 Å². The minimum Gasteiger partial charge on any atom is -0.235 e. The van der Waals surface area contributed by atoms with Gasteiger partial charge in [0.15, 0.2) is 0 Å². The van der Waals surface area contributed by atoms with Crippen molar-refractivity contribution in [2.45, 2.75) is 30.7 Å². The number of hydrogen-bond donors (Lipinski definition) is 0. The molecule has 3 atom stereocenters. The standard InChI is InChI=1S/C9H6F8N2/c1-3-2-4(6(10)8(12,13)14)18-19-5(3)7(11)9(15,16)17/h2,5-7H,1H2. The number of rotatable bonds is 2. The molecule has 3 unspecified atom stereocenters. The van der Waals surface area contributed by atoms with Gasteiger partial charge in [0.1, 0.15) is 11.7 Å². The number of nitrogens with zero attached hydrogens (tertiary/aromatic N) is 2. The summed E-state index contributed by atoms with van der Waals surface area (Å²) in [6.45, 7) is 2.94. The first-order valence-electron chi connectivity index (χ1n) is 4.67. The average molecular weight is 294 g/mol. The van der Waals surface area contributed by atoms with Crippen LogP contribution in [0.25, 0.3) is 0 Å². The summed E-state index contributed by atoms with van der Waals surface area (Å²) in [6.07, 6.45) is -17.2. The molecule has 1 aliphatic rings. The molecule has 1 rings (SSSR count). The summed E-state index contributed by atoms with van der Waals surface area (Å²) < 4.78 is 97.9. The molecular formula is C9H6F8N2. The Bertz CT molecular complexity index is 419. The van der Waals surface area contributed by atoms with Crippen LogP contribution in [0.4, 0.5) is 35.1 Å². The van der Waals surface area contributed by atoms with Gasteiger partial charge in [-0.3, -0.25) is 0 Å². The van der Waals surface area contributed by atoms with Crippen molar-refractivity contribution in [3.63, 3.8) is 0 Å². The molecule has 0 saturated heterocycles. The van der Waals surface area contributed by atoms with Crippen LogP contribution in [0, 0.1) is 0 Å². The second-order valence-electron chi connectivity index (χ2n) is 3.65. The van der Waals surface area contributed by atoms with Crippen LogP contribution in [0.15, 0.2) is 34.2 Å². The van der Waals surface area contributed by atoms with E-state index in [-0.39, 0.29) is 0 Å². The van der Waals surface area contributed by atoms with Crippen molar-refractivity contribution in [1.29, 1.82) is 0 Å². The summed E-state index contributed by atoms with van der Waals surface area (Å²) in [6, 6.07) is -2.20. The van der Waals surface area contributed by atoms with Gasteiger partial charge in [-0.15, -0.1) is 0 Å². The van der Waals surface area contributed by atoms with E-state index in [0.717, 1.165) is 0 Å². The molecule has 0 radical (unpaired) electrons. The second kappa shape index (κ2) is 4.89. The molecule has 108 valence electrons. The van der Waals surface area contributed by atoms with Crippen molar-refractivity contribution in [1.82, 2.24) is 0 Å². The number of halogens is 8. The molecule has 0 N–H and O–H groups in total. The van der Waals surface area contributed by atoms with Crippen LogP contribution >= 0.6 is 0 Å². The molecule has 0 amide bonds. The van der Waals surface area contributed by atoms with Gasteiger partial charge in [0.25, 0.3) is 0 Å². The van der Waals surface area contributed by atoms with E-state index in [4.69, 9.17) is 0 Å². The molecule has 1 heterocycles. The highest BCUT2D eigenvalue weighted by atomic mass is 19.4. The topological polar surface area (TPSA) is 24.7 Å². The van der Waals surface area contributed by atoms with Crippen LogP contribution in [-0.2, 0) is 0 Å². The zero-order valence-electron chi connectivity index (χ0n) is 8.93. The lowest BCUT2D eigenvalue weighted by atomic mass is 10.0. The van der Waals surface area contributed by atoms with E-state index < -0.39 is 42.0 Å². The fourth-order valence-corrected chi connectivity index (χ4v) is 1.22. The third kappa shape index (κ3) is 3.51. The van der Waals surface area contributed by atoms with Crippen LogP contribution < -0.4 is 0 Å². The largest absolute Gasteiger partial charge is 0.425 e. The van der Waals surface area contributed by atoms with Gasteiger partial charge in [0.05, 0.1) is 0 Å². The summed E-state index contributed by atoms with van der Waals surface area (Å²) in [5.41, 5.74) is -2.00. The van der Waals surface area contributed by atoms with Crippen molar-refractivity contribution >= 4 is 0 Å². The maximum absolute atomic E-state index is 12.9. The number of hydrogen-bond acceptors (Lipinski definition) is 2. The molecule has 0 saturated carbocycles. The molecule has 0 aromatic heterocycles. The van der Waals surface area contributed by atoms with Gasteiger partial charge >= 0.3 is 12.4 Å². The van der Waals surface area contributed by atoms with Gasteiger partial charge < -0.3 is 0 Å². The molecule has 0 bridgehead atoms. The quantitative estimate of drug-likeness (QED) is 0.686. The summed E-state index contributed by atoms with van der Waals surface area (Å²) >= 11 is 0. The molecule has 10 heteroatoms. The molecule has 0 aliphatic carbocycles. The summed E-state index contributed by atoms with van der Waals surface area (Å²) in [5, 5.41) is 5.37. The monoisotopic (exact) mass is 294 g/mol. The first-order chi connectivity index (χ1) is 8.44. The number of alkyl halides is 8. The maximum atomic E-state index is 12.9. The predicted octanol–water partition coefficient (Wildman–Crippen LogP) is 4.06. The van der Waals surface area contributed by atoms with Gasteiger partial charge in [-0.05, 0) is 11.6 Å². The van der Waals surface area contributed by atoms with Crippen LogP contribution in [0.2, 0.25) is 0 Å². The molecule has 0 spiro atoms. The highest BCUT2D eigenvalue weighted by Gasteiger charge is 2.49. The Kier molecular flexibility index (Phi) is 4.01. The predicted molar refractivity (Wildman–Crippen MR) is 47.8 cm³/mol. The van der Waals surface area contributed by atoms with E-state index >= 15 is 0 Å². The Hall–Kier alpha value is -1.48. The van der Waals surface area contributed by atoms with E-state index in [1.807, 2.05) is 0 Å². The zero-order valence-corrected chi connectivity index (χ0v) is 8.93. The van der Waals surface area contributed by atoms with Crippen molar-refractivity contribution in [2.75, 3.05) is 0 Å². The van der Waals surface area contributed by atoms with E-state index in [1.54, 1.807) is 0 Å². The van der Waals surface area contributed by atoms with Crippen LogP contribution in [-0.4, -0.2) is 30.7 Å². The second-order valence-corrected chi connectivity index (χ2v) is 3.65. The third-order valence-electron chi connectivity index (χ3n) is 2.15. The van der Waals surface area contributed by atoms with Crippen LogP contribution in [0.3, 0.4) is 0 Å². The smallest absolute Gasteiger partial charge is 0.235 e.